The molecule has 0 saturated heterocycles. The van der Waals surface area contributed by atoms with Crippen molar-refractivity contribution in [2.45, 2.75) is 46.0 Å². The van der Waals surface area contributed by atoms with Gasteiger partial charge in [0, 0.05) is 25.2 Å². The minimum absolute atomic E-state index is 0.0571. The predicted octanol–water partition coefficient (Wildman–Crippen LogP) is 3.77. The maximum atomic E-state index is 12.9. The highest BCUT2D eigenvalue weighted by atomic mass is 19.4. The van der Waals surface area contributed by atoms with E-state index in [2.05, 4.69) is 25.6 Å². The van der Waals surface area contributed by atoms with Gasteiger partial charge >= 0.3 is 6.18 Å². The van der Waals surface area contributed by atoms with E-state index in [1.807, 2.05) is 20.8 Å². The summed E-state index contributed by atoms with van der Waals surface area (Å²) in [6, 6.07) is 4.18. The van der Waals surface area contributed by atoms with E-state index >= 15 is 0 Å². The van der Waals surface area contributed by atoms with Gasteiger partial charge in [0.1, 0.15) is 5.82 Å². The van der Waals surface area contributed by atoms with E-state index in [-0.39, 0.29) is 29.3 Å². The molecule has 0 aromatic carbocycles. The van der Waals surface area contributed by atoms with Gasteiger partial charge in [0.25, 0.3) is 5.91 Å². The summed E-state index contributed by atoms with van der Waals surface area (Å²) in [6.07, 6.45) is -1.92. The molecule has 10 heteroatoms. The van der Waals surface area contributed by atoms with Crippen LogP contribution in [0.3, 0.4) is 0 Å². The Bertz CT molecular complexity index is 808. The average Bonchev–Trinajstić information content (AvgIpc) is 2.68. The van der Waals surface area contributed by atoms with Gasteiger partial charge in [-0.05, 0) is 30.5 Å². The third kappa shape index (κ3) is 6.65. The average molecular weight is 425 g/mol. The molecule has 0 aliphatic heterocycles. The number of amides is 1. The van der Waals surface area contributed by atoms with Crippen LogP contribution >= 0.6 is 0 Å². The molecule has 2 N–H and O–H groups in total. The monoisotopic (exact) mass is 425 g/mol. The van der Waals surface area contributed by atoms with Crippen molar-refractivity contribution < 1.29 is 22.7 Å². The number of ether oxygens (including phenoxy) is 1. The van der Waals surface area contributed by atoms with Crippen molar-refractivity contribution in [2.75, 3.05) is 18.5 Å². The van der Waals surface area contributed by atoms with Crippen molar-refractivity contribution >= 4 is 11.7 Å². The van der Waals surface area contributed by atoms with E-state index in [0.29, 0.717) is 5.82 Å². The first-order valence-electron chi connectivity index (χ1n) is 9.48. The van der Waals surface area contributed by atoms with Crippen molar-refractivity contribution in [3.05, 3.63) is 48.2 Å². The van der Waals surface area contributed by atoms with Gasteiger partial charge in [-0.2, -0.15) is 13.2 Å². The number of nitrogens with zero attached hydrogens (tertiary/aromatic N) is 3. The van der Waals surface area contributed by atoms with Crippen molar-refractivity contribution in [1.29, 1.82) is 0 Å². The van der Waals surface area contributed by atoms with Crippen molar-refractivity contribution in [1.82, 2.24) is 20.3 Å². The molecule has 0 spiro atoms. The van der Waals surface area contributed by atoms with Gasteiger partial charge in [0.2, 0.25) is 0 Å². The molecule has 30 heavy (non-hydrogen) atoms. The minimum atomic E-state index is -4.48. The van der Waals surface area contributed by atoms with E-state index in [0.717, 1.165) is 0 Å². The number of carbonyl (C=O) groups excluding carboxylic acids is 1. The van der Waals surface area contributed by atoms with E-state index < -0.39 is 24.9 Å². The van der Waals surface area contributed by atoms with Crippen LogP contribution in [0.2, 0.25) is 0 Å². The zero-order valence-corrected chi connectivity index (χ0v) is 17.3. The Labute approximate surface area is 173 Å². The molecular weight excluding hydrogens is 399 g/mol. The van der Waals surface area contributed by atoms with Crippen molar-refractivity contribution in [2.24, 2.45) is 5.41 Å². The molecule has 0 fully saturated rings. The molecule has 2 rings (SSSR count). The molecule has 0 aliphatic carbocycles. The van der Waals surface area contributed by atoms with E-state index in [9.17, 15) is 18.0 Å². The molecule has 0 saturated carbocycles. The number of hydrogen-bond acceptors (Lipinski definition) is 6. The number of hydrogen-bond donors (Lipinski definition) is 2. The number of carbonyl (C=O) groups is 1. The maximum Gasteiger partial charge on any atom is 0.416 e. The van der Waals surface area contributed by atoms with Crippen LogP contribution in [0.1, 0.15) is 49.9 Å². The first-order chi connectivity index (χ1) is 14.0. The summed E-state index contributed by atoms with van der Waals surface area (Å²) >= 11 is 0. The number of alkyl halides is 3. The fourth-order valence-electron chi connectivity index (χ4n) is 2.64. The van der Waals surface area contributed by atoms with Crippen LogP contribution in [0.25, 0.3) is 0 Å². The summed E-state index contributed by atoms with van der Waals surface area (Å²) in [5.41, 5.74) is -0.0828. The Morgan fingerprint density at radius 3 is 2.30 bits per heavy atom. The molecule has 2 unspecified atom stereocenters. The number of halogens is 3. The summed E-state index contributed by atoms with van der Waals surface area (Å²) in [4.78, 5) is 25.2. The first kappa shape index (κ1) is 23.5. The second-order valence-corrected chi connectivity index (χ2v) is 7.68. The summed E-state index contributed by atoms with van der Waals surface area (Å²) in [7, 11) is 0. The topological polar surface area (TPSA) is 89.0 Å². The third-order valence-electron chi connectivity index (χ3n) is 4.21. The number of pyridine rings is 1. The molecule has 164 valence electrons. The second-order valence-electron chi connectivity index (χ2n) is 7.68. The fraction of sp³-hybridized carbons (Fsp3) is 0.500. The highest BCUT2D eigenvalue weighted by Gasteiger charge is 2.40. The van der Waals surface area contributed by atoms with Crippen LogP contribution < -0.4 is 10.6 Å². The molecule has 0 aliphatic rings. The molecule has 1 amide bonds. The van der Waals surface area contributed by atoms with Crippen LogP contribution in [0.15, 0.2) is 36.8 Å². The van der Waals surface area contributed by atoms with Crippen LogP contribution in [0, 0.1) is 5.41 Å². The largest absolute Gasteiger partial charge is 0.416 e. The molecule has 2 aromatic rings. The highest BCUT2D eigenvalue weighted by molar-refractivity contribution is 5.94. The molecule has 2 heterocycles. The summed E-state index contributed by atoms with van der Waals surface area (Å²) in [6.45, 7) is 6.82. The van der Waals surface area contributed by atoms with Crippen LogP contribution in [0.5, 0.6) is 0 Å². The molecule has 7 nitrogen and oxygen atoms in total. The smallest absolute Gasteiger partial charge is 0.367 e. The number of aromatic nitrogens is 3. The Hall–Kier alpha value is -2.75. The van der Waals surface area contributed by atoms with Gasteiger partial charge in [-0.1, -0.05) is 20.8 Å². The zero-order valence-electron chi connectivity index (χ0n) is 17.3. The van der Waals surface area contributed by atoms with Gasteiger partial charge < -0.3 is 15.4 Å². The van der Waals surface area contributed by atoms with Gasteiger partial charge in [-0.15, -0.1) is 0 Å². The number of anilines is 1. The van der Waals surface area contributed by atoms with Gasteiger partial charge in [0.05, 0.1) is 18.2 Å². The first-order valence-corrected chi connectivity index (χ1v) is 9.48. The van der Waals surface area contributed by atoms with Gasteiger partial charge in [0.15, 0.2) is 11.9 Å². The predicted molar refractivity (Wildman–Crippen MR) is 106 cm³/mol. The highest BCUT2D eigenvalue weighted by Crippen LogP contribution is 2.31. The summed E-state index contributed by atoms with van der Waals surface area (Å²) in [5.74, 6) is 0.307. The lowest BCUT2D eigenvalue weighted by Crippen LogP contribution is -2.38. The van der Waals surface area contributed by atoms with Gasteiger partial charge in [-0.25, -0.2) is 15.0 Å². The molecule has 0 radical (unpaired) electrons. The van der Waals surface area contributed by atoms with Crippen LogP contribution in [-0.2, 0) is 4.74 Å². The molecular formula is C20H26F3N5O2. The zero-order chi connectivity index (χ0) is 22.4. The van der Waals surface area contributed by atoms with Gasteiger partial charge in [-0.3, -0.25) is 4.79 Å². The number of rotatable bonds is 8. The van der Waals surface area contributed by atoms with Crippen molar-refractivity contribution in [3.8, 4) is 0 Å². The molecule has 0 bridgehead atoms. The Balaban J connectivity index is 2.05. The maximum absolute atomic E-state index is 12.9. The molecule has 2 atom stereocenters. The van der Waals surface area contributed by atoms with E-state index in [1.165, 1.54) is 25.3 Å². The lowest BCUT2D eigenvalue weighted by Gasteiger charge is -2.30. The Morgan fingerprint density at radius 1 is 1.13 bits per heavy atom. The number of nitrogens with one attached hydrogen (secondary N) is 2. The lowest BCUT2D eigenvalue weighted by atomic mass is 9.86. The molecule has 2 aromatic heterocycles. The Morgan fingerprint density at radius 2 is 1.80 bits per heavy atom. The second kappa shape index (κ2) is 9.84. The van der Waals surface area contributed by atoms with E-state index in [1.54, 1.807) is 18.5 Å². The quantitative estimate of drug-likeness (QED) is 0.669. The minimum Gasteiger partial charge on any atom is -0.367 e. The summed E-state index contributed by atoms with van der Waals surface area (Å²) in [5, 5.41) is 5.49. The van der Waals surface area contributed by atoms with Crippen molar-refractivity contribution in [3.63, 3.8) is 0 Å². The van der Waals surface area contributed by atoms with E-state index in [4.69, 9.17) is 4.74 Å². The summed E-state index contributed by atoms with van der Waals surface area (Å²) < 4.78 is 43.4. The normalized spacial score (nSPS) is 14.1. The lowest BCUT2D eigenvalue weighted by molar-refractivity contribution is -0.214. The SMILES string of the molecule is CCOC(CNc1ccc(C(=O)NC(c2ncccn2)C(C)(C)C)cn1)C(F)(F)F. The Kier molecular flexibility index (Phi) is 7.71. The fourth-order valence-corrected chi connectivity index (χ4v) is 2.64. The van der Waals surface area contributed by atoms with Crippen LogP contribution in [-0.4, -0.2) is 46.3 Å². The van der Waals surface area contributed by atoms with Crippen LogP contribution in [0.4, 0.5) is 19.0 Å². The third-order valence-corrected chi connectivity index (χ3v) is 4.21. The standard InChI is InChI=1S/C20H26F3N5O2/c1-5-30-14(20(21,22)23)12-27-15-8-7-13(11-26-15)18(29)28-16(19(2,3)4)17-24-9-6-10-25-17/h6-11,14,16H,5,12H2,1-4H3,(H,26,27)(H,28,29).